The van der Waals surface area contributed by atoms with Crippen LogP contribution in [-0.4, -0.2) is 28.5 Å². The molecule has 3 heterocycles. The first-order valence-corrected chi connectivity index (χ1v) is 11.9. The second-order valence-corrected chi connectivity index (χ2v) is 9.92. The molecular formula is C26H27N3O2S. The first kappa shape index (κ1) is 21.0. The van der Waals surface area contributed by atoms with Crippen molar-refractivity contribution in [3.8, 4) is 0 Å². The molecule has 0 bridgehead atoms. The van der Waals surface area contributed by atoms with Crippen molar-refractivity contribution in [3.63, 3.8) is 0 Å². The van der Waals surface area contributed by atoms with Crippen LogP contribution < -0.4 is 5.73 Å². The molecule has 1 fully saturated rings. The minimum atomic E-state index is -0.645. The second kappa shape index (κ2) is 8.26. The lowest BCUT2D eigenvalue weighted by molar-refractivity contribution is -0.127. The molecule has 2 aromatic carbocycles. The van der Waals surface area contributed by atoms with Crippen LogP contribution in [0.5, 0.6) is 0 Å². The van der Waals surface area contributed by atoms with Gasteiger partial charge in [-0.2, -0.15) is 0 Å². The average Bonchev–Trinajstić information content (AvgIpc) is 3.28. The van der Waals surface area contributed by atoms with Crippen molar-refractivity contribution in [2.24, 2.45) is 5.73 Å². The number of benzene rings is 2. The molecule has 2 N–H and O–H groups in total. The lowest BCUT2D eigenvalue weighted by Gasteiger charge is -2.34. The number of hydrogen-bond donors (Lipinski definition) is 1. The predicted octanol–water partition coefficient (Wildman–Crippen LogP) is 5.30. The summed E-state index contributed by atoms with van der Waals surface area (Å²) in [6.07, 6.45) is 5.12. The molecule has 0 saturated carbocycles. The minimum Gasteiger partial charge on any atom is -0.381 e. The molecule has 1 saturated heterocycles. The molecule has 6 heteroatoms. The van der Waals surface area contributed by atoms with Crippen LogP contribution in [-0.2, 0) is 14.9 Å². The summed E-state index contributed by atoms with van der Waals surface area (Å²) in [7, 11) is 0. The van der Waals surface area contributed by atoms with E-state index in [4.69, 9.17) is 10.5 Å². The molecular weight excluding hydrogens is 418 g/mol. The van der Waals surface area contributed by atoms with Gasteiger partial charge < -0.3 is 10.5 Å². The maximum atomic E-state index is 12.4. The first-order valence-electron chi connectivity index (χ1n) is 11.0. The summed E-state index contributed by atoms with van der Waals surface area (Å²) in [4.78, 5) is 19.2. The zero-order valence-corrected chi connectivity index (χ0v) is 19.2. The number of pyridine rings is 1. The minimum absolute atomic E-state index is 0.266. The van der Waals surface area contributed by atoms with Crippen molar-refractivity contribution >= 4 is 34.2 Å². The normalized spacial score (nSPS) is 16.1. The Bertz CT molecular complexity index is 1310. The highest BCUT2D eigenvalue weighted by molar-refractivity contribution is 7.99. The van der Waals surface area contributed by atoms with Crippen LogP contribution in [0.25, 0.3) is 16.6 Å². The number of fused-ring (bicyclic) bond motifs is 3. The van der Waals surface area contributed by atoms with Crippen molar-refractivity contribution in [2.75, 3.05) is 13.2 Å². The fourth-order valence-electron chi connectivity index (χ4n) is 4.73. The first-order chi connectivity index (χ1) is 15.5. The molecule has 5 rings (SSSR count). The Morgan fingerprint density at radius 3 is 2.66 bits per heavy atom. The van der Waals surface area contributed by atoms with Gasteiger partial charge in [0.15, 0.2) is 0 Å². The number of amides is 1. The molecule has 1 amide bonds. The molecule has 0 atom stereocenters. The van der Waals surface area contributed by atoms with Gasteiger partial charge >= 0.3 is 0 Å². The van der Waals surface area contributed by atoms with E-state index < -0.39 is 5.41 Å². The number of nitrogens with two attached hydrogens (primary N) is 1. The van der Waals surface area contributed by atoms with Gasteiger partial charge in [0, 0.05) is 40.8 Å². The maximum Gasteiger partial charge on any atom is 0.228 e. The third-order valence-corrected chi connectivity index (χ3v) is 7.54. The Morgan fingerprint density at radius 1 is 1.12 bits per heavy atom. The Hall–Kier alpha value is -2.83. The summed E-state index contributed by atoms with van der Waals surface area (Å²) in [6, 6.07) is 17.0. The zero-order chi connectivity index (χ0) is 22.3. The van der Waals surface area contributed by atoms with E-state index in [1.165, 1.54) is 10.9 Å². The van der Waals surface area contributed by atoms with Crippen molar-refractivity contribution in [1.29, 1.82) is 0 Å². The Kier molecular flexibility index (Phi) is 5.43. The molecule has 0 spiro atoms. The van der Waals surface area contributed by atoms with Gasteiger partial charge in [0.25, 0.3) is 0 Å². The summed E-state index contributed by atoms with van der Waals surface area (Å²) in [5.74, 6) is 0.149. The standard InChI is InChI=1S/C26H27N3O2S/c1-17(2)22-16-24-28-10-11-29(24)23-15-20(6-7-21(22)23)32-19-5-3-4-18(14-19)26(25(27)30)8-12-31-13-9-26/h3-7,10-11,14-17H,8-9,12-13H2,1-2H3,(H2,27,30). The molecule has 1 aliphatic heterocycles. The van der Waals surface area contributed by atoms with E-state index in [0.29, 0.717) is 32.0 Å². The molecule has 4 aromatic rings. The van der Waals surface area contributed by atoms with E-state index >= 15 is 0 Å². The number of carbonyl (C=O) groups is 1. The number of aromatic nitrogens is 2. The highest BCUT2D eigenvalue weighted by Crippen LogP contribution is 2.38. The number of primary amides is 1. The van der Waals surface area contributed by atoms with Crippen LogP contribution in [0.4, 0.5) is 0 Å². The molecule has 0 aliphatic carbocycles. The Morgan fingerprint density at radius 2 is 1.91 bits per heavy atom. The molecule has 5 nitrogen and oxygen atoms in total. The van der Waals surface area contributed by atoms with E-state index in [2.05, 4.69) is 59.6 Å². The Labute approximate surface area is 192 Å². The summed E-state index contributed by atoms with van der Waals surface area (Å²) in [5, 5.41) is 1.25. The summed E-state index contributed by atoms with van der Waals surface area (Å²) >= 11 is 1.70. The Balaban J connectivity index is 1.54. The molecule has 0 radical (unpaired) electrons. The van der Waals surface area contributed by atoms with Gasteiger partial charge in [-0.15, -0.1) is 0 Å². The molecule has 0 unspecified atom stereocenters. The predicted molar refractivity (Wildman–Crippen MR) is 128 cm³/mol. The molecule has 1 aliphatic rings. The lowest BCUT2D eigenvalue weighted by atomic mass is 9.73. The van der Waals surface area contributed by atoms with Crippen LogP contribution in [0, 0.1) is 0 Å². The van der Waals surface area contributed by atoms with Gasteiger partial charge in [0.05, 0.1) is 10.9 Å². The number of imidazole rings is 1. The van der Waals surface area contributed by atoms with Crippen molar-refractivity contribution in [2.45, 2.75) is 47.8 Å². The fraction of sp³-hybridized carbons (Fsp3) is 0.308. The monoisotopic (exact) mass is 445 g/mol. The SMILES string of the molecule is CC(C)c1cc2nccn2c2cc(Sc3cccc(C4(C(N)=O)CCOCC4)c3)ccc12. The number of carbonyl (C=O) groups excluding carboxylic acids is 1. The number of nitrogens with zero attached hydrogens (tertiary/aromatic N) is 2. The lowest BCUT2D eigenvalue weighted by Crippen LogP contribution is -2.45. The topological polar surface area (TPSA) is 69.6 Å². The summed E-state index contributed by atoms with van der Waals surface area (Å²) < 4.78 is 7.64. The quantitative estimate of drug-likeness (QED) is 0.453. The second-order valence-electron chi connectivity index (χ2n) is 8.78. The van der Waals surface area contributed by atoms with E-state index in [-0.39, 0.29) is 5.91 Å². The number of hydrogen-bond acceptors (Lipinski definition) is 4. The smallest absolute Gasteiger partial charge is 0.228 e. The summed E-state index contributed by atoms with van der Waals surface area (Å²) in [5.41, 5.74) is 9.64. The average molecular weight is 446 g/mol. The van der Waals surface area contributed by atoms with Gasteiger partial charge in [0.2, 0.25) is 5.91 Å². The zero-order valence-electron chi connectivity index (χ0n) is 18.4. The molecule has 32 heavy (non-hydrogen) atoms. The van der Waals surface area contributed by atoms with Gasteiger partial charge in [-0.05, 0) is 60.2 Å². The van der Waals surface area contributed by atoms with Crippen LogP contribution in [0.15, 0.2) is 70.7 Å². The largest absolute Gasteiger partial charge is 0.381 e. The van der Waals surface area contributed by atoms with E-state index in [1.54, 1.807) is 11.8 Å². The highest BCUT2D eigenvalue weighted by atomic mass is 32.2. The molecule has 2 aromatic heterocycles. The highest BCUT2D eigenvalue weighted by Gasteiger charge is 2.40. The maximum absolute atomic E-state index is 12.4. The van der Waals surface area contributed by atoms with Crippen LogP contribution in [0.1, 0.15) is 43.7 Å². The van der Waals surface area contributed by atoms with Gasteiger partial charge in [-0.3, -0.25) is 9.20 Å². The van der Waals surface area contributed by atoms with Crippen molar-refractivity contribution in [1.82, 2.24) is 9.38 Å². The van der Waals surface area contributed by atoms with E-state index in [1.807, 2.05) is 24.5 Å². The molecule has 164 valence electrons. The van der Waals surface area contributed by atoms with Gasteiger partial charge in [-0.25, -0.2) is 4.98 Å². The van der Waals surface area contributed by atoms with Crippen molar-refractivity contribution < 1.29 is 9.53 Å². The van der Waals surface area contributed by atoms with E-state index in [9.17, 15) is 4.79 Å². The van der Waals surface area contributed by atoms with Gasteiger partial charge in [0.1, 0.15) is 5.65 Å². The fourth-order valence-corrected chi connectivity index (χ4v) is 5.64. The van der Waals surface area contributed by atoms with Crippen LogP contribution in [0.2, 0.25) is 0 Å². The van der Waals surface area contributed by atoms with Gasteiger partial charge in [-0.1, -0.05) is 43.8 Å². The van der Waals surface area contributed by atoms with Crippen LogP contribution >= 0.6 is 11.8 Å². The van der Waals surface area contributed by atoms with E-state index in [0.717, 1.165) is 26.5 Å². The third-order valence-electron chi connectivity index (χ3n) is 6.56. The van der Waals surface area contributed by atoms with Crippen molar-refractivity contribution in [3.05, 3.63) is 72.1 Å². The van der Waals surface area contributed by atoms with Crippen LogP contribution in [0.3, 0.4) is 0 Å². The third kappa shape index (κ3) is 3.57. The summed E-state index contributed by atoms with van der Waals surface area (Å²) in [6.45, 7) is 5.55. The number of rotatable bonds is 5. The number of ether oxygens (including phenoxy) is 1.